The number of hydrogen-bond donors (Lipinski definition) is 1. The number of nitrogens with two attached hydrogens (primary N) is 1. The van der Waals surface area contributed by atoms with Crippen LogP contribution in [0.5, 0.6) is 0 Å². The molecular weight excluding hydrogens is 264 g/mol. The molecule has 7 nitrogen and oxygen atoms in total. The maximum absolute atomic E-state index is 11.9. The normalized spacial score (nSPS) is 18.6. The first-order valence-electron chi connectivity index (χ1n) is 6.26. The lowest BCUT2D eigenvalue weighted by Gasteiger charge is -2.20. The van der Waals surface area contributed by atoms with Crippen LogP contribution in [0.4, 0.5) is 11.4 Å². The van der Waals surface area contributed by atoms with E-state index in [1.807, 2.05) is 0 Å². The Morgan fingerprint density at radius 3 is 2.80 bits per heavy atom. The second-order valence-electron chi connectivity index (χ2n) is 4.64. The van der Waals surface area contributed by atoms with Gasteiger partial charge in [-0.15, -0.1) is 0 Å². The minimum absolute atomic E-state index is 0.0178. The van der Waals surface area contributed by atoms with Gasteiger partial charge in [0.2, 0.25) is 0 Å². The fraction of sp³-hybridized carbons (Fsp3) is 0.385. The number of hydrogen-bond acceptors (Lipinski definition) is 6. The molecule has 0 aromatic heterocycles. The predicted molar refractivity (Wildman–Crippen MR) is 70.2 cm³/mol. The molecule has 2 N–H and O–H groups in total. The van der Waals surface area contributed by atoms with E-state index >= 15 is 0 Å². The van der Waals surface area contributed by atoms with Crippen molar-refractivity contribution in [2.75, 3.05) is 5.73 Å². The van der Waals surface area contributed by atoms with Crippen LogP contribution in [0.2, 0.25) is 0 Å². The molecule has 7 heteroatoms. The smallest absolute Gasteiger partial charge is 0.339 e. The molecule has 0 unspecified atom stereocenters. The zero-order valence-corrected chi connectivity index (χ0v) is 10.7. The molecule has 0 aliphatic heterocycles. The minimum Gasteiger partial charge on any atom is -0.451 e. The number of nitrogen functional groups attached to an aromatic ring is 1. The molecular formula is C13H14N2O5. The third kappa shape index (κ3) is 2.93. The van der Waals surface area contributed by atoms with Crippen molar-refractivity contribution in [3.63, 3.8) is 0 Å². The van der Waals surface area contributed by atoms with Gasteiger partial charge in [-0.05, 0) is 31.4 Å². The summed E-state index contributed by atoms with van der Waals surface area (Å²) in [5.41, 5.74) is 5.09. The maximum Gasteiger partial charge on any atom is 0.339 e. The minimum atomic E-state index is -0.743. The van der Waals surface area contributed by atoms with Gasteiger partial charge >= 0.3 is 5.97 Å². The van der Waals surface area contributed by atoms with Gasteiger partial charge in [-0.25, -0.2) is 4.79 Å². The molecule has 2 rings (SSSR count). The number of carbonyl (C=O) groups is 2. The van der Waals surface area contributed by atoms with E-state index < -0.39 is 17.0 Å². The van der Waals surface area contributed by atoms with Crippen LogP contribution in [0.25, 0.3) is 0 Å². The van der Waals surface area contributed by atoms with Gasteiger partial charge in [0.25, 0.3) is 5.69 Å². The molecule has 0 radical (unpaired) electrons. The Morgan fingerprint density at radius 1 is 1.40 bits per heavy atom. The topological polar surface area (TPSA) is 113 Å². The number of nitrogens with zero attached hydrogens (tertiary/aromatic N) is 1. The Bertz CT molecular complexity index is 570. The molecule has 0 heterocycles. The van der Waals surface area contributed by atoms with Crippen molar-refractivity contribution < 1.29 is 19.2 Å². The fourth-order valence-corrected chi connectivity index (χ4v) is 2.10. The quantitative estimate of drug-likeness (QED) is 0.390. The zero-order valence-electron chi connectivity index (χ0n) is 10.7. The summed E-state index contributed by atoms with van der Waals surface area (Å²) in [6.45, 7) is 0. The third-order valence-corrected chi connectivity index (χ3v) is 3.21. The number of esters is 1. The van der Waals surface area contributed by atoms with Gasteiger partial charge in [0.05, 0.1) is 10.5 Å². The number of Topliss-reactive ketones (excluding diaryl/α,β-unsaturated/α-hetero) is 1. The lowest BCUT2D eigenvalue weighted by molar-refractivity contribution is -0.383. The van der Waals surface area contributed by atoms with Gasteiger partial charge in [-0.3, -0.25) is 14.9 Å². The Hall–Kier alpha value is -2.44. The molecule has 1 aliphatic carbocycles. The van der Waals surface area contributed by atoms with Gasteiger partial charge in [0, 0.05) is 12.5 Å². The predicted octanol–water partition coefficient (Wildman–Crippen LogP) is 1.85. The summed E-state index contributed by atoms with van der Waals surface area (Å²) >= 11 is 0. The van der Waals surface area contributed by atoms with Crippen LogP contribution in [0.3, 0.4) is 0 Å². The summed E-state index contributed by atoms with van der Waals surface area (Å²) in [4.78, 5) is 33.6. The number of carbonyl (C=O) groups excluding carboxylic acids is 2. The molecule has 106 valence electrons. The van der Waals surface area contributed by atoms with E-state index in [9.17, 15) is 19.7 Å². The highest BCUT2D eigenvalue weighted by Gasteiger charge is 2.27. The molecule has 1 aromatic carbocycles. The molecule has 1 atom stereocenters. The number of rotatable bonds is 3. The average Bonchev–Trinajstić information content (AvgIpc) is 2.41. The maximum atomic E-state index is 11.9. The van der Waals surface area contributed by atoms with Crippen molar-refractivity contribution in [3.8, 4) is 0 Å². The Morgan fingerprint density at radius 2 is 2.15 bits per heavy atom. The summed E-state index contributed by atoms with van der Waals surface area (Å²) < 4.78 is 5.11. The lowest BCUT2D eigenvalue weighted by atomic mass is 9.96. The van der Waals surface area contributed by atoms with Gasteiger partial charge < -0.3 is 10.5 Å². The molecule has 0 spiro atoms. The van der Waals surface area contributed by atoms with Crippen molar-refractivity contribution in [1.82, 2.24) is 0 Å². The highest BCUT2D eigenvalue weighted by molar-refractivity contribution is 5.94. The highest BCUT2D eigenvalue weighted by atomic mass is 16.6. The first kappa shape index (κ1) is 14.0. The van der Waals surface area contributed by atoms with Crippen LogP contribution < -0.4 is 5.73 Å². The zero-order chi connectivity index (χ0) is 14.7. The van der Waals surface area contributed by atoms with Crippen LogP contribution in [0, 0.1) is 10.1 Å². The van der Waals surface area contributed by atoms with Crippen LogP contribution >= 0.6 is 0 Å². The monoisotopic (exact) mass is 278 g/mol. The van der Waals surface area contributed by atoms with E-state index in [1.165, 1.54) is 12.1 Å². The second-order valence-corrected chi connectivity index (χ2v) is 4.64. The van der Waals surface area contributed by atoms with E-state index in [0.29, 0.717) is 12.8 Å². The summed E-state index contributed by atoms with van der Waals surface area (Å²) in [6.07, 6.45) is 1.79. The number of nitro benzene ring substituents is 1. The average molecular weight is 278 g/mol. The largest absolute Gasteiger partial charge is 0.451 e. The fourth-order valence-electron chi connectivity index (χ4n) is 2.10. The summed E-state index contributed by atoms with van der Waals surface area (Å²) in [5.74, 6) is -0.845. The van der Waals surface area contributed by atoms with Crippen molar-refractivity contribution in [3.05, 3.63) is 33.9 Å². The van der Waals surface area contributed by atoms with E-state index in [2.05, 4.69) is 0 Å². The van der Waals surface area contributed by atoms with Crippen molar-refractivity contribution in [1.29, 1.82) is 0 Å². The van der Waals surface area contributed by atoms with Crippen molar-refractivity contribution in [2.24, 2.45) is 0 Å². The Labute approximate surface area is 114 Å². The van der Waals surface area contributed by atoms with Gasteiger partial charge in [-0.2, -0.15) is 0 Å². The first-order chi connectivity index (χ1) is 9.49. The van der Waals surface area contributed by atoms with Crippen LogP contribution in [-0.2, 0) is 9.53 Å². The number of anilines is 1. The number of ether oxygens (including phenoxy) is 1. The highest BCUT2D eigenvalue weighted by Crippen LogP contribution is 2.24. The molecule has 20 heavy (non-hydrogen) atoms. The molecule has 0 bridgehead atoms. The van der Waals surface area contributed by atoms with E-state index in [0.717, 1.165) is 18.9 Å². The van der Waals surface area contributed by atoms with Crippen molar-refractivity contribution in [2.45, 2.75) is 31.8 Å². The summed E-state index contributed by atoms with van der Waals surface area (Å²) in [5, 5.41) is 10.8. The molecule has 1 fully saturated rings. The lowest BCUT2D eigenvalue weighted by Crippen LogP contribution is -2.30. The number of benzene rings is 1. The molecule has 1 aliphatic rings. The third-order valence-electron chi connectivity index (χ3n) is 3.21. The van der Waals surface area contributed by atoms with E-state index in [4.69, 9.17) is 10.5 Å². The van der Waals surface area contributed by atoms with Crippen LogP contribution in [-0.4, -0.2) is 22.8 Å². The number of nitro groups is 1. The van der Waals surface area contributed by atoms with Gasteiger partial charge in [0.15, 0.2) is 11.9 Å². The van der Waals surface area contributed by atoms with E-state index in [-0.39, 0.29) is 22.7 Å². The van der Waals surface area contributed by atoms with Gasteiger partial charge in [0.1, 0.15) is 5.69 Å². The Kier molecular flexibility index (Phi) is 3.97. The summed E-state index contributed by atoms with van der Waals surface area (Å²) in [7, 11) is 0. The SMILES string of the molecule is Nc1ccc(C(=O)O[C@H]2CCCCC2=O)cc1[N+](=O)[O-]. The standard InChI is InChI=1S/C13H14N2O5/c14-9-6-5-8(7-10(9)15(18)19)13(17)20-12-4-2-1-3-11(12)16/h5-7,12H,1-4,14H2/t12-/m0/s1. The van der Waals surface area contributed by atoms with Crippen molar-refractivity contribution >= 4 is 23.1 Å². The Balaban J connectivity index is 2.15. The summed E-state index contributed by atoms with van der Waals surface area (Å²) in [6, 6.07) is 3.68. The van der Waals surface area contributed by atoms with Crippen LogP contribution in [0.15, 0.2) is 18.2 Å². The molecule has 1 aromatic rings. The van der Waals surface area contributed by atoms with Crippen LogP contribution in [0.1, 0.15) is 36.0 Å². The molecule has 1 saturated carbocycles. The molecule has 0 saturated heterocycles. The number of ketones is 1. The van der Waals surface area contributed by atoms with Gasteiger partial charge in [-0.1, -0.05) is 0 Å². The molecule has 0 amide bonds. The second kappa shape index (κ2) is 5.68. The first-order valence-corrected chi connectivity index (χ1v) is 6.26. The van der Waals surface area contributed by atoms with E-state index in [1.54, 1.807) is 0 Å².